The summed E-state index contributed by atoms with van der Waals surface area (Å²) in [5.74, 6) is 0.321. The van der Waals surface area contributed by atoms with Gasteiger partial charge in [-0.25, -0.2) is 0 Å². The molecule has 24 heavy (non-hydrogen) atoms. The Kier molecular flexibility index (Phi) is 4.22. The minimum Gasteiger partial charge on any atom is -0.294 e. The van der Waals surface area contributed by atoms with Crippen molar-refractivity contribution in [1.29, 1.82) is 0 Å². The molecule has 1 aliphatic heterocycles. The lowest BCUT2D eigenvalue weighted by Crippen LogP contribution is -2.23. The van der Waals surface area contributed by atoms with E-state index in [-0.39, 0.29) is 22.9 Å². The summed E-state index contributed by atoms with van der Waals surface area (Å²) >= 11 is 1.83. The summed E-state index contributed by atoms with van der Waals surface area (Å²) in [4.78, 5) is 14.6. The molecule has 2 aromatic rings. The standard InChI is InChI=1S/C22H18OS/c23-21(16-10-4-1-5-11-16)20-18-14-8-3-9-15-19(18)24-22(20)17-12-6-2-7-13-17/h1-15,18,20,22H/t18-,20+,22+/m0/s1. The van der Waals surface area contributed by atoms with Gasteiger partial charge in [0.15, 0.2) is 5.78 Å². The molecule has 1 heterocycles. The summed E-state index contributed by atoms with van der Waals surface area (Å²) in [5, 5.41) is 0.159. The molecule has 0 unspecified atom stereocenters. The Bertz CT molecular complexity index is 818. The van der Waals surface area contributed by atoms with Crippen LogP contribution in [-0.2, 0) is 0 Å². The lowest BCUT2D eigenvalue weighted by molar-refractivity contribution is 0.0903. The van der Waals surface area contributed by atoms with E-state index < -0.39 is 0 Å². The number of carbonyl (C=O) groups excluding carboxylic acids is 1. The third kappa shape index (κ3) is 2.78. The van der Waals surface area contributed by atoms with Gasteiger partial charge in [-0.2, -0.15) is 0 Å². The van der Waals surface area contributed by atoms with Gasteiger partial charge in [0.05, 0.1) is 0 Å². The average Bonchev–Trinajstić information content (AvgIpc) is 2.85. The number of rotatable bonds is 3. The minimum absolute atomic E-state index is 0.0674. The number of ketones is 1. The van der Waals surface area contributed by atoms with Crippen molar-refractivity contribution >= 4 is 17.5 Å². The molecular formula is C22H18OS. The van der Waals surface area contributed by atoms with E-state index in [1.54, 1.807) is 0 Å². The first-order valence-corrected chi connectivity index (χ1v) is 9.08. The molecule has 0 bridgehead atoms. The van der Waals surface area contributed by atoms with Gasteiger partial charge < -0.3 is 0 Å². The Balaban J connectivity index is 1.78. The highest BCUT2D eigenvalue weighted by Crippen LogP contribution is 2.56. The second-order valence-corrected chi connectivity index (χ2v) is 7.28. The Morgan fingerprint density at radius 2 is 1.54 bits per heavy atom. The molecule has 2 aromatic carbocycles. The van der Waals surface area contributed by atoms with E-state index in [1.165, 1.54) is 10.5 Å². The fourth-order valence-corrected chi connectivity index (χ4v) is 5.01. The molecule has 3 atom stereocenters. The van der Waals surface area contributed by atoms with Crippen molar-refractivity contribution in [2.24, 2.45) is 11.8 Å². The van der Waals surface area contributed by atoms with Crippen molar-refractivity contribution in [1.82, 2.24) is 0 Å². The zero-order chi connectivity index (χ0) is 16.4. The molecule has 0 N–H and O–H groups in total. The fourth-order valence-electron chi connectivity index (χ4n) is 3.44. The zero-order valence-electron chi connectivity index (χ0n) is 13.2. The lowest BCUT2D eigenvalue weighted by atomic mass is 9.81. The van der Waals surface area contributed by atoms with E-state index in [1.807, 2.05) is 54.2 Å². The molecule has 1 saturated heterocycles. The first-order valence-electron chi connectivity index (χ1n) is 8.20. The topological polar surface area (TPSA) is 17.1 Å². The Labute approximate surface area is 146 Å². The maximum atomic E-state index is 13.3. The highest BCUT2D eigenvalue weighted by molar-refractivity contribution is 8.03. The second-order valence-electron chi connectivity index (χ2n) is 6.07. The van der Waals surface area contributed by atoms with Crippen LogP contribution in [0.5, 0.6) is 0 Å². The highest BCUT2D eigenvalue weighted by Gasteiger charge is 2.44. The van der Waals surface area contributed by atoms with Crippen LogP contribution in [-0.4, -0.2) is 5.78 Å². The van der Waals surface area contributed by atoms with Crippen LogP contribution in [0.3, 0.4) is 0 Å². The fraction of sp³-hybridized carbons (Fsp3) is 0.136. The molecule has 2 heteroatoms. The number of benzene rings is 2. The Morgan fingerprint density at radius 3 is 2.29 bits per heavy atom. The van der Waals surface area contributed by atoms with E-state index in [4.69, 9.17) is 0 Å². The SMILES string of the molecule is O=C(c1ccccc1)[C@@H]1[C@@H](c2ccccc2)SC2=CC=CC=C[C@@H]21. The third-order valence-electron chi connectivity index (χ3n) is 4.59. The van der Waals surface area contributed by atoms with Crippen LogP contribution >= 0.6 is 11.8 Å². The summed E-state index contributed by atoms with van der Waals surface area (Å²) < 4.78 is 0. The number of fused-ring (bicyclic) bond motifs is 1. The predicted octanol–water partition coefficient (Wildman–Crippen LogP) is 5.60. The van der Waals surface area contributed by atoms with Crippen LogP contribution in [0.4, 0.5) is 0 Å². The number of thioether (sulfide) groups is 1. The molecule has 0 aromatic heterocycles. The number of Topliss-reactive ketones (excluding diaryl/α,β-unsaturated/α-hetero) is 1. The van der Waals surface area contributed by atoms with E-state index in [2.05, 4.69) is 48.6 Å². The van der Waals surface area contributed by atoms with Gasteiger partial charge in [0.25, 0.3) is 0 Å². The van der Waals surface area contributed by atoms with Crippen LogP contribution in [0.15, 0.2) is 95.9 Å². The molecule has 1 fully saturated rings. The van der Waals surface area contributed by atoms with Gasteiger partial charge in [-0.05, 0) is 10.5 Å². The first kappa shape index (κ1) is 15.2. The van der Waals surface area contributed by atoms with E-state index in [9.17, 15) is 4.79 Å². The maximum absolute atomic E-state index is 13.3. The Hall–Kier alpha value is -2.32. The monoisotopic (exact) mass is 330 g/mol. The molecule has 118 valence electrons. The van der Waals surface area contributed by atoms with Crippen molar-refractivity contribution in [3.8, 4) is 0 Å². The smallest absolute Gasteiger partial charge is 0.168 e. The van der Waals surface area contributed by atoms with E-state index >= 15 is 0 Å². The summed E-state index contributed by atoms with van der Waals surface area (Å²) in [6, 6.07) is 20.1. The van der Waals surface area contributed by atoms with Crippen molar-refractivity contribution < 1.29 is 4.79 Å². The zero-order valence-corrected chi connectivity index (χ0v) is 14.0. The number of allylic oxidation sites excluding steroid dienone is 6. The highest BCUT2D eigenvalue weighted by atomic mass is 32.2. The van der Waals surface area contributed by atoms with E-state index in [0.717, 1.165) is 5.56 Å². The van der Waals surface area contributed by atoms with Gasteiger partial charge in [-0.15, -0.1) is 11.8 Å². The number of hydrogen-bond donors (Lipinski definition) is 0. The quantitative estimate of drug-likeness (QED) is 0.681. The molecule has 0 saturated carbocycles. The van der Waals surface area contributed by atoms with Gasteiger partial charge in [0.2, 0.25) is 0 Å². The first-order chi connectivity index (χ1) is 11.8. The van der Waals surface area contributed by atoms with Gasteiger partial charge in [0, 0.05) is 22.6 Å². The Morgan fingerprint density at radius 1 is 0.833 bits per heavy atom. The minimum atomic E-state index is -0.0674. The molecule has 2 aliphatic rings. The maximum Gasteiger partial charge on any atom is 0.168 e. The van der Waals surface area contributed by atoms with Crippen LogP contribution in [0.1, 0.15) is 21.2 Å². The molecule has 1 nitrogen and oxygen atoms in total. The molecule has 0 spiro atoms. The molecule has 1 aliphatic carbocycles. The summed E-state index contributed by atoms with van der Waals surface area (Å²) in [6.45, 7) is 0. The van der Waals surface area contributed by atoms with Crippen molar-refractivity contribution in [3.63, 3.8) is 0 Å². The van der Waals surface area contributed by atoms with Crippen LogP contribution < -0.4 is 0 Å². The second kappa shape index (κ2) is 6.66. The summed E-state index contributed by atoms with van der Waals surface area (Å²) in [7, 11) is 0. The van der Waals surface area contributed by atoms with Crippen molar-refractivity contribution in [2.75, 3.05) is 0 Å². The molecule has 0 radical (unpaired) electrons. The molecular weight excluding hydrogens is 312 g/mol. The van der Waals surface area contributed by atoms with Gasteiger partial charge in [-0.1, -0.05) is 91.0 Å². The summed E-state index contributed by atoms with van der Waals surface area (Å²) in [6.07, 6.45) is 10.5. The van der Waals surface area contributed by atoms with Crippen molar-refractivity contribution in [3.05, 3.63) is 107 Å². The number of hydrogen-bond acceptors (Lipinski definition) is 2. The van der Waals surface area contributed by atoms with Crippen LogP contribution in [0.25, 0.3) is 0 Å². The average molecular weight is 330 g/mol. The van der Waals surface area contributed by atoms with Crippen LogP contribution in [0.2, 0.25) is 0 Å². The normalized spacial score (nSPS) is 25.0. The number of carbonyl (C=O) groups is 1. The molecule has 4 rings (SSSR count). The van der Waals surface area contributed by atoms with Gasteiger partial charge in [0.1, 0.15) is 0 Å². The van der Waals surface area contributed by atoms with E-state index in [0.29, 0.717) is 0 Å². The summed E-state index contributed by atoms with van der Waals surface area (Å²) in [5.41, 5.74) is 2.03. The van der Waals surface area contributed by atoms with Gasteiger partial charge in [-0.3, -0.25) is 4.79 Å². The predicted molar refractivity (Wildman–Crippen MR) is 101 cm³/mol. The lowest BCUT2D eigenvalue weighted by Gasteiger charge is -2.21. The largest absolute Gasteiger partial charge is 0.294 e. The molecule has 0 amide bonds. The van der Waals surface area contributed by atoms with Gasteiger partial charge >= 0.3 is 0 Å². The van der Waals surface area contributed by atoms with Crippen molar-refractivity contribution in [2.45, 2.75) is 5.25 Å². The van der Waals surface area contributed by atoms with Crippen LogP contribution in [0, 0.1) is 11.8 Å². The third-order valence-corrected chi connectivity index (χ3v) is 6.09.